The maximum Gasteiger partial charge on any atom is 0.150 e. The quantitative estimate of drug-likeness (QED) is 0.878. The van der Waals surface area contributed by atoms with Gasteiger partial charge in [-0.25, -0.2) is 9.07 Å². The van der Waals surface area contributed by atoms with Crippen LogP contribution in [0.15, 0.2) is 6.20 Å². The van der Waals surface area contributed by atoms with E-state index in [0.717, 1.165) is 6.54 Å². The van der Waals surface area contributed by atoms with E-state index in [1.165, 1.54) is 6.20 Å². The van der Waals surface area contributed by atoms with Crippen molar-refractivity contribution in [1.82, 2.24) is 14.7 Å². The molecule has 100 valence electrons. The van der Waals surface area contributed by atoms with Crippen molar-refractivity contribution in [1.29, 1.82) is 0 Å². The minimum Gasteiger partial charge on any atom is -0.395 e. The standard InChI is InChI=1S/C11H16ClFN4O/c12-11-10(14)2-15-17(11)8-1-7(13)3-16(4-8)9-5-18-6-9/h2,7-9H,1,3-6,14H2/t7-,8?/m0/s1. The third-order valence-electron chi connectivity index (χ3n) is 3.65. The molecular formula is C11H16ClFN4O. The minimum absolute atomic E-state index is 0.0563. The summed E-state index contributed by atoms with van der Waals surface area (Å²) < 4.78 is 20.6. The summed E-state index contributed by atoms with van der Waals surface area (Å²) in [4.78, 5) is 2.12. The molecule has 0 spiro atoms. The maximum atomic E-state index is 13.8. The molecule has 0 radical (unpaired) electrons. The van der Waals surface area contributed by atoms with Gasteiger partial charge in [0.2, 0.25) is 0 Å². The van der Waals surface area contributed by atoms with E-state index >= 15 is 0 Å². The highest BCUT2D eigenvalue weighted by atomic mass is 35.5. The number of aromatic nitrogens is 2. The van der Waals surface area contributed by atoms with E-state index in [2.05, 4.69) is 10.00 Å². The van der Waals surface area contributed by atoms with E-state index in [1.54, 1.807) is 4.68 Å². The van der Waals surface area contributed by atoms with Gasteiger partial charge in [0.15, 0.2) is 0 Å². The number of nitrogens with two attached hydrogens (primary N) is 1. The third-order valence-corrected chi connectivity index (χ3v) is 4.04. The van der Waals surface area contributed by atoms with Gasteiger partial charge in [-0.2, -0.15) is 5.10 Å². The van der Waals surface area contributed by atoms with Gasteiger partial charge < -0.3 is 10.5 Å². The Balaban J connectivity index is 1.77. The van der Waals surface area contributed by atoms with Crippen molar-refractivity contribution < 1.29 is 9.13 Å². The van der Waals surface area contributed by atoms with Crippen LogP contribution in [0, 0.1) is 0 Å². The number of piperidine rings is 1. The molecule has 0 saturated carbocycles. The first-order valence-corrected chi connectivity index (χ1v) is 6.47. The summed E-state index contributed by atoms with van der Waals surface area (Å²) in [6.07, 6.45) is 1.09. The van der Waals surface area contributed by atoms with E-state index in [9.17, 15) is 4.39 Å². The Hall–Kier alpha value is -0.850. The molecule has 3 heterocycles. The van der Waals surface area contributed by atoms with Crippen molar-refractivity contribution in [3.05, 3.63) is 11.3 Å². The second kappa shape index (κ2) is 4.68. The first kappa shape index (κ1) is 12.2. The van der Waals surface area contributed by atoms with Crippen molar-refractivity contribution in [2.75, 3.05) is 32.0 Å². The van der Waals surface area contributed by atoms with Gasteiger partial charge in [0.05, 0.1) is 37.2 Å². The van der Waals surface area contributed by atoms with Gasteiger partial charge in [-0.3, -0.25) is 4.90 Å². The largest absolute Gasteiger partial charge is 0.395 e. The maximum absolute atomic E-state index is 13.8. The number of alkyl halides is 1. The molecule has 2 fully saturated rings. The van der Waals surface area contributed by atoms with Gasteiger partial charge in [-0.1, -0.05) is 11.6 Å². The van der Waals surface area contributed by atoms with Crippen molar-refractivity contribution in [3.8, 4) is 0 Å². The summed E-state index contributed by atoms with van der Waals surface area (Å²) in [6.45, 7) is 2.59. The van der Waals surface area contributed by atoms with Crippen molar-refractivity contribution in [3.63, 3.8) is 0 Å². The first-order valence-electron chi connectivity index (χ1n) is 6.09. The van der Waals surface area contributed by atoms with Crippen LogP contribution in [-0.4, -0.2) is 53.2 Å². The molecule has 5 nitrogen and oxygen atoms in total. The van der Waals surface area contributed by atoms with Gasteiger partial charge in [0, 0.05) is 19.5 Å². The lowest BCUT2D eigenvalue weighted by Gasteiger charge is -2.43. The number of likely N-dealkylation sites (tertiary alicyclic amines) is 1. The van der Waals surface area contributed by atoms with Crippen LogP contribution in [0.4, 0.5) is 10.1 Å². The fourth-order valence-electron chi connectivity index (χ4n) is 2.57. The van der Waals surface area contributed by atoms with Crippen LogP contribution in [0.5, 0.6) is 0 Å². The molecule has 2 N–H and O–H groups in total. The second-order valence-electron chi connectivity index (χ2n) is 4.97. The molecule has 2 saturated heterocycles. The van der Waals surface area contributed by atoms with Gasteiger partial charge in [-0.05, 0) is 0 Å². The molecule has 1 aromatic rings. The number of hydrogen-bond donors (Lipinski definition) is 1. The van der Waals surface area contributed by atoms with E-state index < -0.39 is 6.17 Å². The fraction of sp³-hybridized carbons (Fsp3) is 0.727. The Labute approximate surface area is 110 Å². The number of ether oxygens (including phenoxy) is 1. The highest BCUT2D eigenvalue weighted by Crippen LogP contribution is 2.30. The SMILES string of the molecule is Nc1cnn(C2C[C@H](F)CN(C3COC3)C2)c1Cl. The summed E-state index contributed by atoms with van der Waals surface area (Å²) in [5.74, 6) is 0. The van der Waals surface area contributed by atoms with Gasteiger partial charge in [0.1, 0.15) is 11.3 Å². The summed E-state index contributed by atoms with van der Waals surface area (Å²) in [7, 11) is 0. The van der Waals surface area contributed by atoms with Crippen LogP contribution in [0.1, 0.15) is 12.5 Å². The molecule has 18 heavy (non-hydrogen) atoms. The molecular weight excluding hydrogens is 259 g/mol. The molecule has 7 heteroatoms. The lowest BCUT2D eigenvalue weighted by Crippen LogP contribution is -2.55. The summed E-state index contributed by atoms with van der Waals surface area (Å²) in [6, 6.07) is 0.275. The van der Waals surface area contributed by atoms with E-state index in [4.69, 9.17) is 22.1 Å². The van der Waals surface area contributed by atoms with Gasteiger partial charge >= 0.3 is 0 Å². The van der Waals surface area contributed by atoms with Crippen LogP contribution in [0.25, 0.3) is 0 Å². The van der Waals surface area contributed by atoms with E-state index in [0.29, 0.717) is 43.1 Å². The number of hydrogen-bond acceptors (Lipinski definition) is 4. The van der Waals surface area contributed by atoms with Crippen LogP contribution in [0.3, 0.4) is 0 Å². The van der Waals surface area contributed by atoms with Gasteiger partial charge in [0.25, 0.3) is 0 Å². The van der Waals surface area contributed by atoms with Crippen LogP contribution >= 0.6 is 11.6 Å². The lowest BCUT2D eigenvalue weighted by atomic mass is 10.0. The lowest BCUT2D eigenvalue weighted by molar-refractivity contribution is -0.0855. The number of anilines is 1. The molecule has 3 rings (SSSR count). The minimum atomic E-state index is -0.856. The molecule has 2 aliphatic rings. The highest BCUT2D eigenvalue weighted by molar-refractivity contribution is 6.32. The predicted octanol–water partition coefficient (Wildman–Crippen LogP) is 1.10. The molecule has 0 amide bonds. The Morgan fingerprint density at radius 2 is 2.17 bits per heavy atom. The topological polar surface area (TPSA) is 56.3 Å². The summed E-state index contributed by atoms with van der Waals surface area (Å²) >= 11 is 6.07. The zero-order valence-corrected chi connectivity index (χ0v) is 10.7. The Morgan fingerprint density at radius 3 is 2.72 bits per heavy atom. The average molecular weight is 275 g/mol. The Kier molecular flexibility index (Phi) is 3.17. The van der Waals surface area contributed by atoms with Crippen LogP contribution < -0.4 is 5.73 Å². The van der Waals surface area contributed by atoms with Crippen LogP contribution in [0.2, 0.25) is 5.15 Å². The number of nitrogen functional groups attached to an aromatic ring is 1. The summed E-state index contributed by atoms with van der Waals surface area (Å²) in [5.41, 5.74) is 6.11. The predicted molar refractivity (Wildman–Crippen MR) is 66.4 cm³/mol. The fourth-order valence-corrected chi connectivity index (χ4v) is 2.80. The molecule has 1 aromatic heterocycles. The number of halogens is 2. The van der Waals surface area contributed by atoms with Crippen LogP contribution in [-0.2, 0) is 4.74 Å². The molecule has 2 atom stereocenters. The first-order chi connectivity index (χ1) is 8.65. The number of nitrogens with zero attached hydrogens (tertiary/aromatic N) is 3. The molecule has 0 aliphatic carbocycles. The molecule has 0 bridgehead atoms. The van der Waals surface area contributed by atoms with Crippen molar-refractivity contribution in [2.45, 2.75) is 24.7 Å². The Morgan fingerprint density at radius 1 is 1.39 bits per heavy atom. The van der Waals surface area contributed by atoms with Crippen molar-refractivity contribution in [2.24, 2.45) is 0 Å². The highest BCUT2D eigenvalue weighted by Gasteiger charge is 2.36. The second-order valence-corrected chi connectivity index (χ2v) is 5.33. The molecule has 1 unspecified atom stereocenters. The zero-order chi connectivity index (χ0) is 12.7. The Bertz CT molecular complexity index is 437. The van der Waals surface area contributed by atoms with E-state index in [1.807, 2.05) is 0 Å². The zero-order valence-electron chi connectivity index (χ0n) is 9.93. The average Bonchev–Trinajstić information content (AvgIpc) is 2.56. The monoisotopic (exact) mass is 274 g/mol. The summed E-state index contributed by atoms with van der Waals surface area (Å²) in [5, 5.41) is 4.55. The molecule has 0 aromatic carbocycles. The number of rotatable bonds is 2. The third kappa shape index (κ3) is 2.08. The smallest absolute Gasteiger partial charge is 0.150 e. The molecule has 2 aliphatic heterocycles. The normalized spacial score (nSPS) is 30.3. The van der Waals surface area contributed by atoms with Gasteiger partial charge in [-0.15, -0.1) is 0 Å². The van der Waals surface area contributed by atoms with E-state index in [-0.39, 0.29) is 6.04 Å². The van der Waals surface area contributed by atoms with Crippen molar-refractivity contribution >= 4 is 17.3 Å².